The number of rotatable bonds is 6. The average Bonchev–Trinajstić information content (AvgIpc) is 3.58. The van der Waals surface area contributed by atoms with E-state index in [4.69, 9.17) is 4.98 Å². The van der Waals surface area contributed by atoms with Gasteiger partial charge in [0.25, 0.3) is 0 Å². The molecule has 5 aromatic rings. The number of aliphatic hydroxyl groups is 1. The zero-order valence-electron chi connectivity index (χ0n) is 20.8. The molecule has 0 atom stereocenters. The molecule has 0 unspecified atom stereocenters. The van der Waals surface area contributed by atoms with E-state index >= 15 is 0 Å². The number of β-amino-alcohol motifs (C(OH)–C–C–N with tert-alkyl or cyclic N) is 1. The molecule has 6 heterocycles. The molecule has 7 rings (SSSR count). The van der Waals surface area contributed by atoms with Crippen molar-refractivity contribution >= 4 is 28.3 Å². The van der Waals surface area contributed by atoms with Crippen LogP contribution in [0.3, 0.4) is 0 Å². The van der Waals surface area contributed by atoms with Crippen LogP contribution in [-0.4, -0.2) is 74.8 Å². The standard InChI is InChI=1S/C29H31N7O/c37-29(24-5-2-1-3-6-24)21-32(22-29)15-16-35-13-11-23-9-10-26(31-28(23)35)33-17-19-34(20-18-33)27-8-4-7-25-30-12-14-36(25)27/h1-14,37H,15-22H2. The number of hydrogen-bond donors (Lipinski definition) is 1. The fraction of sp³-hybridized carbons (Fsp3) is 0.310. The minimum Gasteiger partial charge on any atom is -0.382 e. The minimum absolute atomic E-state index is 0.673. The number of hydrogen-bond acceptors (Lipinski definition) is 6. The summed E-state index contributed by atoms with van der Waals surface area (Å²) in [5.74, 6) is 2.23. The van der Waals surface area contributed by atoms with Gasteiger partial charge in [-0.3, -0.25) is 9.30 Å². The smallest absolute Gasteiger partial charge is 0.142 e. The molecule has 0 aliphatic carbocycles. The third-order valence-electron chi connectivity index (χ3n) is 7.87. The molecule has 2 aliphatic rings. The molecule has 4 aromatic heterocycles. The fourth-order valence-electron chi connectivity index (χ4n) is 5.79. The van der Waals surface area contributed by atoms with Gasteiger partial charge in [0, 0.05) is 76.3 Å². The van der Waals surface area contributed by atoms with E-state index in [1.165, 1.54) is 11.2 Å². The lowest BCUT2D eigenvalue weighted by Gasteiger charge is -2.47. The van der Waals surface area contributed by atoms with Gasteiger partial charge in [-0.1, -0.05) is 36.4 Å². The minimum atomic E-state index is -0.725. The number of imidazole rings is 1. The molecule has 2 aliphatic heterocycles. The Morgan fingerprint density at radius 1 is 0.784 bits per heavy atom. The molecule has 188 valence electrons. The molecule has 0 bridgehead atoms. The van der Waals surface area contributed by atoms with Gasteiger partial charge in [0.05, 0.1) is 0 Å². The van der Waals surface area contributed by atoms with Crippen LogP contribution >= 0.6 is 0 Å². The van der Waals surface area contributed by atoms with Gasteiger partial charge in [-0.15, -0.1) is 0 Å². The molecule has 1 aromatic carbocycles. The topological polar surface area (TPSA) is 65.1 Å². The number of likely N-dealkylation sites (tertiary alicyclic amines) is 1. The first-order chi connectivity index (χ1) is 18.2. The van der Waals surface area contributed by atoms with E-state index in [9.17, 15) is 5.11 Å². The van der Waals surface area contributed by atoms with Crippen molar-refractivity contribution in [2.75, 3.05) is 55.6 Å². The van der Waals surface area contributed by atoms with Crippen LogP contribution in [0.5, 0.6) is 0 Å². The molecule has 2 saturated heterocycles. The van der Waals surface area contributed by atoms with Crippen molar-refractivity contribution in [1.82, 2.24) is 23.8 Å². The first-order valence-electron chi connectivity index (χ1n) is 13.0. The van der Waals surface area contributed by atoms with Crippen LogP contribution in [0.4, 0.5) is 11.6 Å². The van der Waals surface area contributed by atoms with Crippen molar-refractivity contribution in [3.05, 3.63) is 90.9 Å². The fourth-order valence-corrected chi connectivity index (χ4v) is 5.79. The van der Waals surface area contributed by atoms with Gasteiger partial charge in [0.1, 0.15) is 28.5 Å². The summed E-state index contributed by atoms with van der Waals surface area (Å²) in [5.41, 5.74) is 2.29. The van der Waals surface area contributed by atoms with Crippen LogP contribution in [0.2, 0.25) is 0 Å². The molecule has 37 heavy (non-hydrogen) atoms. The van der Waals surface area contributed by atoms with E-state index in [1.54, 1.807) is 0 Å². The summed E-state index contributed by atoms with van der Waals surface area (Å²) in [4.78, 5) is 16.6. The maximum Gasteiger partial charge on any atom is 0.142 e. The van der Waals surface area contributed by atoms with Crippen LogP contribution in [0.15, 0.2) is 85.3 Å². The number of piperazine rings is 1. The van der Waals surface area contributed by atoms with Crippen molar-refractivity contribution in [3.63, 3.8) is 0 Å². The summed E-state index contributed by atoms with van der Waals surface area (Å²) >= 11 is 0. The summed E-state index contributed by atoms with van der Waals surface area (Å²) in [6, 6.07) is 22.8. The average molecular weight is 494 g/mol. The maximum atomic E-state index is 10.9. The Balaban J connectivity index is 1.01. The second-order valence-corrected chi connectivity index (χ2v) is 10.2. The highest BCUT2D eigenvalue weighted by atomic mass is 16.3. The van der Waals surface area contributed by atoms with Gasteiger partial charge in [-0.2, -0.15) is 0 Å². The highest BCUT2D eigenvalue weighted by Gasteiger charge is 2.42. The molecule has 2 fully saturated rings. The van der Waals surface area contributed by atoms with E-state index in [1.807, 2.05) is 48.8 Å². The van der Waals surface area contributed by atoms with E-state index in [0.717, 1.165) is 61.9 Å². The quantitative estimate of drug-likeness (QED) is 0.392. The van der Waals surface area contributed by atoms with Crippen LogP contribution in [0, 0.1) is 0 Å². The maximum absolute atomic E-state index is 10.9. The number of anilines is 2. The van der Waals surface area contributed by atoms with Crippen LogP contribution in [-0.2, 0) is 12.1 Å². The number of pyridine rings is 2. The Morgan fingerprint density at radius 3 is 2.43 bits per heavy atom. The first kappa shape index (κ1) is 22.3. The van der Waals surface area contributed by atoms with Crippen molar-refractivity contribution in [2.24, 2.45) is 0 Å². The lowest BCUT2D eigenvalue weighted by atomic mass is 9.86. The van der Waals surface area contributed by atoms with E-state index in [-0.39, 0.29) is 0 Å². The van der Waals surface area contributed by atoms with Crippen LogP contribution < -0.4 is 9.80 Å². The number of benzene rings is 1. The Kier molecular flexibility index (Phi) is 5.37. The van der Waals surface area contributed by atoms with Crippen molar-refractivity contribution in [1.29, 1.82) is 0 Å². The number of aromatic nitrogens is 4. The van der Waals surface area contributed by atoms with Crippen LogP contribution in [0.1, 0.15) is 5.56 Å². The summed E-state index contributed by atoms with van der Waals surface area (Å²) in [5, 5.41) is 12.1. The van der Waals surface area contributed by atoms with Gasteiger partial charge in [-0.05, 0) is 35.9 Å². The van der Waals surface area contributed by atoms with Crippen molar-refractivity contribution in [2.45, 2.75) is 12.1 Å². The second-order valence-electron chi connectivity index (χ2n) is 10.2. The molecule has 0 radical (unpaired) electrons. The molecular formula is C29H31N7O. The van der Waals surface area contributed by atoms with Gasteiger partial charge >= 0.3 is 0 Å². The summed E-state index contributed by atoms with van der Waals surface area (Å²) in [6.45, 7) is 6.83. The van der Waals surface area contributed by atoms with E-state index in [0.29, 0.717) is 13.1 Å². The molecule has 0 amide bonds. The Morgan fingerprint density at radius 2 is 1.59 bits per heavy atom. The SMILES string of the molecule is OC1(c2ccccc2)CN(CCn2ccc3ccc(N4CCN(c5cccc6nccn56)CC4)nc32)C1. The predicted octanol–water partition coefficient (Wildman–Crippen LogP) is 3.21. The lowest BCUT2D eigenvalue weighted by molar-refractivity contribution is -0.104. The van der Waals surface area contributed by atoms with E-state index in [2.05, 4.69) is 65.2 Å². The third kappa shape index (κ3) is 4.02. The van der Waals surface area contributed by atoms with Crippen LogP contribution in [0.25, 0.3) is 16.7 Å². The summed E-state index contributed by atoms with van der Waals surface area (Å²) in [6.07, 6.45) is 6.02. The predicted molar refractivity (Wildman–Crippen MR) is 146 cm³/mol. The van der Waals surface area contributed by atoms with Gasteiger partial charge in [-0.25, -0.2) is 9.97 Å². The normalized spacial score (nSPS) is 18.0. The molecule has 0 spiro atoms. The second kappa shape index (κ2) is 8.90. The summed E-state index contributed by atoms with van der Waals surface area (Å²) < 4.78 is 4.40. The molecule has 8 heteroatoms. The first-order valence-corrected chi connectivity index (χ1v) is 13.0. The number of fused-ring (bicyclic) bond motifs is 2. The van der Waals surface area contributed by atoms with Gasteiger partial charge in [0.2, 0.25) is 0 Å². The summed E-state index contributed by atoms with van der Waals surface area (Å²) in [7, 11) is 0. The third-order valence-corrected chi connectivity index (χ3v) is 7.87. The van der Waals surface area contributed by atoms with Crippen molar-refractivity contribution < 1.29 is 5.11 Å². The van der Waals surface area contributed by atoms with Gasteiger partial charge < -0.3 is 19.5 Å². The highest BCUT2D eigenvalue weighted by molar-refractivity contribution is 5.78. The molecular weight excluding hydrogens is 462 g/mol. The van der Waals surface area contributed by atoms with Gasteiger partial charge in [0.15, 0.2) is 0 Å². The van der Waals surface area contributed by atoms with E-state index < -0.39 is 5.60 Å². The Bertz CT molecular complexity index is 1530. The van der Waals surface area contributed by atoms with Crippen molar-refractivity contribution in [3.8, 4) is 0 Å². The molecule has 8 nitrogen and oxygen atoms in total. The largest absolute Gasteiger partial charge is 0.382 e. The number of nitrogens with zero attached hydrogens (tertiary/aromatic N) is 7. The Hall–Kier alpha value is -3.88. The lowest BCUT2D eigenvalue weighted by Crippen LogP contribution is -2.59. The Labute approximate surface area is 216 Å². The monoisotopic (exact) mass is 493 g/mol. The molecule has 0 saturated carbocycles. The zero-order valence-corrected chi connectivity index (χ0v) is 20.8. The molecule has 1 N–H and O–H groups in total. The highest BCUT2D eigenvalue weighted by Crippen LogP contribution is 2.31. The zero-order chi connectivity index (χ0) is 24.8.